The lowest BCUT2D eigenvalue weighted by atomic mass is 10.1. The molecule has 0 N–H and O–H groups in total. The predicted octanol–water partition coefficient (Wildman–Crippen LogP) is 2.72. The molecule has 0 radical (unpaired) electrons. The molecule has 1 aromatic rings. The van der Waals surface area contributed by atoms with Crippen LogP contribution in [0.1, 0.15) is 34.8 Å². The summed E-state index contributed by atoms with van der Waals surface area (Å²) in [5.41, 5.74) is -1.56. The van der Waals surface area contributed by atoms with Gasteiger partial charge in [-0.1, -0.05) is 11.6 Å². The third-order valence-electron chi connectivity index (χ3n) is 1.89. The first-order valence-corrected chi connectivity index (χ1v) is 4.94. The van der Waals surface area contributed by atoms with Gasteiger partial charge in [-0.3, -0.25) is 0 Å². The largest absolute Gasteiger partial charge is 0.462 e. The van der Waals surface area contributed by atoms with Gasteiger partial charge in [0.25, 0.3) is 6.43 Å². The molecule has 0 saturated heterocycles. The number of esters is 1. The standard InChI is InChI=1S/C10H7ClF2N2O2/c1-2-17-10(16)7-5(3-14)6(9(12)13)4-15-8(7)11/h4,9H,2H2,1H3. The van der Waals surface area contributed by atoms with Crippen LogP contribution in [0.4, 0.5) is 8.78 Å². The first-order chi connectivity index (χ1) is 8.02. The van der Waals surface area contributed by atoms with Crippen LogP contribution in [0.2, 0.25) is 5.15 Å². The van der Waals surface area contributed by atoms with Crippen LogP contribution in [0.25, 0.3) is 0 Å². The highest BCUT2D eigenvalue weighted by Gasteiger charge is 2.24. The first kappa shape index (κ1) is 13.3. The SMILES string of the molecule is CCOC(=O)c1c(Cl)ncc(C(F)F)c1C#N. The molecule has 1 rings (SSSR count). The zero-order valence-corrected chi connectivity index (χ0v) is 9.46. The molecule has 0 spiro atoms. The number of halogens is 3. The van der Waals surface area contributed by atoms with E-state index in [9.17, 15) is 13.6 Å². The fraction of sp³-hybridized carbons (Fsp3) is 0.300. The molecular weight excluding hydrogens is 254 g/mol. The molecule has 0 aliphatic rings. The van der Waals surface area contributed by atoms with Crippen LogP contribution >= 0.6 is 11.6 Å². The van der Waals surface area contributed by atoms with E-state index in [1.54, 1.807) is 6.92 Å². The van der Waals surface area contributed by atoms with Crippen molar-refractivity contribution in [2.45, 2.75) is 13.3 Å². The summed E-state index contributed by atoms with van der Waals surface area (Å²) >= 11 is 5.61. The number of rotatable bonds is 3. The monoisotopic (exact) mass is 260 g/mol. The Hall–Kier alpha value is -1.74. The average Bonchev–Trinajstić information content (AvgIpc) is 2.28. The van der Waals surface area contributed by atoms with Gasteiger partial charge in [0.2, 0.25) is 0 Å². The van der Waals surface area contributed by atoms with Crippen molar-refractivity contribution in [1.29, 1.82) is 5.26 Å². The average molecular weight is 261 g/mol. The van der Waals surface area contributed by atoms with E-state index < -0.39 is 29.1 Å². The summed E-state index contributed by atoms with van der Waals surface area (Å²) in [7, 11) is 0. The van der Waals surface area contributed by atoms with E-state index in [0.717, 1.165) is 6.20 Å². The Morgan fingerprint density at radius 1 is 1.71 bits per heavy atom. The number of ether oxygens (including phenoxy) is 1. The van der Waals surface area contributed by atoms with Crippen LogP contribution in [0.3, 0.4) is 0 Å². The summed E-state index contributed by atoms with van der Waals surface area (Å²) in [6.07, 6.45) is -2.14. The second-order valence-electron chi connectivity index (χ2n) is 2.89. The minimum Gasteiger partial charge on any atom is -0.462 e. The molecule has 4 nitrogen and oxygen atoms in total. The Bertz CT molecular complexity index is 486. The van der Waals surface area contributed by atoms with Crippen molar-refractivity contribution in [3.05, 3.63) is 28.0 Å². The maximum absolute atomic E-state index is 12.6. The molecule has 0 aliphatic heterocycles. The lowest BCUT2D eigenvalue weighted by Gasteiger charge is -2.09. The maximum atomic E-state index is 12.6. The predicted molar refractivity (Wildman–Crippen MR) is 54.9 cm³/mol. The highest BCUT2D eigenvalue weighted by Crippen LogP contribution is 2.28. The number of nitriles is 1. The number of nitrogens with zero attached hydrogens (tertiary/aromatic N) is 2. The normalized spacial score (nSPS) is 10.1. The molecule has 0 bridgehead atoms. The summed E-state index contributed by atoms with van der Waals surface area (Å²) in [4.78, 5) is 14.9. The maximum Gasteiger partial charge on any atom is 0.342 e. The summed E-state index contributed by atoms with van der Waals surface area (Å²) in [6, 6.07) is 1.52. The first-order valence-electron chi connectivity index (χ1n) is 4.56. The molecule has 90 valence electrons. The fourth-order valence-electron chi connectivity index (χ4n) is 1.18. The minimum absolute atomic E-state index is 0.0406. The number of aromatic nitrogens is 1. The molecule has 0 fully saturated rings. The number of hydrogen-bond donors (Lipinski definition) is 0. The van der Waals surface area contributed by atoms with E-state index in [-0.39, 0.29) is 11.8 Å². The van der Waals surface area contributed by atoms with Crippen LogP contribution in [0, 0.1) is 11.3 Å². The third-order valence-corrected chi connectivity index (χ3v) is 2.17. The van der Waals surface area contributed by atoms with Gasteiger partial charge in [0, 0.05) is 6.20 Å². The lowest BCUT2D eigenvalue weighted by molar-refractivity contribution is 0.0525. The molecule has 0 amide bonds. The zero-order chi connectivity index (χ0) is 13.0. The Morgan fingerprint density at radius 2 is 2.35 bits per heavy atom. The van der Waals surface area contributed by atoms with Crippen LogP contribution in [0.15, 0.2) is 6.20 Å². The van der Waals surface area contributed by atoms with Gasteiger partial charge in [0.1, 0.15) is 16.8 Å². The summed E-state index contributed by atoms with van der Waals surface area (Å²) in [5, 5.41) is 8.48. The Balaban J connectivity index is 3.42. The van der Waals surface area contributed by atoms with E-state index in [2.05, 4.69) is 9.72 Å². The highest BCUT2D eigenvalue weighted by atomic mass is 35.5. The van der Waals surface area contributed by atoms with Gasteiger partial charge in [-0.25, -0.2) is 18.6 Å². The van der Waals surface area contributed by atoms with Crippen molar-refractivity contribution in [2.24, 2.45) is 0 Å². The molecule has 0 saturated carbocycles. The molecule has 17 heavy (non-hydrogen) atoms. The van der Waals surface area contributed by atoms with Crippen LogP contribution < -0.4 is 0 Å². The van der Waals surface area contributed by atoms with E-state index in [0.29, 0.717) is 0 Å². The van der Waals surface area contributed by atoms with Crippen molar-refractivity contribution in [3.8, 4) is 6.07 Å². The molecule has 1 aromatic heterocycles. The van der Waals surface area contributed by atoms with E-state index in [1.165, 1.54) is 6.07 Å². The minimum atomic E-state index is -2.91. The van der Waals surface area contributed by atoms with Crippen molar-refractivity contribution in [2.75, 3.05) is 6.61 Å². The molecule has 0 aromatic carbocycles. The van der Waals surface area contributed by atoms with Gasteiger partial charge in [-0.2, -0.15) is 5.26 Å². The molecular formula is C10H7ClF2N2O2. The summed E-state index contributed by atoms with van der Waals surface area (Å²) in [5.74, 6) is -0.941. The molecule has 0 atom stereocenters. The second-order valence-corrected chi connectivity index (χ2v) is 3.25. The Morgan fingerprint density at radius 3 is 2.82 bits per heavy atom. The molecule has 0 aliphatic carbocycles. The topological polar surface area (TPSA) is 63.0 Å². The summed E-state index contributed by atoms with van der Waals surface area (Å²) in [6.45, 7) is 1.58. The van der Waals surface area contributed by atoms with Gasteiger partial charge < -0.3 is 4.74 Å². The molecule has 1 heterocycles. The number of pyridine rings is 1. The van der Waals surface area contributed by atoms with Gasteiger partial charge >= 0.3 is 5.97 Å². The lowest BCUT2D eigenvalue weighted by Crippen LogP contribution is -2.11. The van der Waals surface area contributed by atoms with Crippen LogP contribution in [-0.2, 0) is 4.74 Å². The van der Waals surface area contributed by atoms with Gasteiger partial charge in [-0.05, 0) is 6.92 Å². The smallest absolute Gasteiger partial charge is 0.342 e. The Labute approximate surface area is 101 Å². The number of hydrogen-bond acceptors (Lipinski definition) is 4. The number of carbonyl (C=O) groups excluding carboxylic acids is 1. The van der Waals surface area contributed by atoms with Crippen molar-refractivity contribution in [3.63, 3.8) is 0 Å². The number of alkyl halides is 2. The van der Waals surface area contributed by atoms with Crippen LogP contribution in [-0.4, -0.2) is 17.6 Å². The van der Waals surface area contributed by atoms with Crippen molar-refractivity contribution in [1.82, 2.24) is 4.98 Å². The van der Waals surface area contributed by atoms with Gasteiger partial charge in [0.15, 0.2) is 0 Å². The quantitative estimate of drug-likeness (QED) is 0.619. The summed E-state index contributed by atoms with van der Waals surface area (Å²) < 4.78 is 29.8. The van der Waals surface area contributed by atoms with Gasteiger partial charge in [-0.15, -0.1) is 0 Å². The van der Waals surface area contributed by atoms with E-state index >= 15 is 0 Å². The van der Waals surface area contributed by atoms with Gasteiger partial charge in [0.05, 0.1) is 17.7 Å². The zero-order valence-electron chi connectivity index (χ0n) is 8.71. The molecule has 0 unspecified atom stereocenters. The Kier molecular flexibility index (Phi) is 4.35. The van der Waals surface area contributed by atoms with Crippen molar-refractivity contribution >= 4 is 17.6 Å². The highest BCUT2D eigenvalue weighted by molar-refractivity contribution is 6.32. The second kappa shape index (κ2) is 5.55. The molecule has 7 heteroatoms. The van der Waals surface area contributed by atoms with E-state index in [4.69, 9.17) is 16.9 Å². The van der Waals surface area contributed by atoms with E-state index in [1.807, 2.05) is 0 Å². The third kappa shape index (κ3) is 2.68. The fourth-order valence-corrected chi connectivity index (χ4v) is 1.40. The van der Waals surface area contributed by atoms with Crippen molar-refractivity contribution < 1.29 is 18.3 Å². The van der Waals surface area contributed by atoms with Crippen LogP contribution in [0.5, 0.6) is 0 Å². The number of carbonyl (C=O) groups is 1.